The average molecular weight is 285 g/mol. The fraction of sp³-hybridized carbons (Fsp3) is 0.500. The van der Waals surface area contributed by atoms with Crippen molar-refractivity contribution in [2.45, 2.75) is 59.5 Å². The van der Waals surface area contributed by atoms with Gasteiger partial charge in [-0.2, -0.15) is 5.10 Å². The van der Waals surface area contributed by atoms with Crippen LogP contribution < -0.4 is 5.73 Å². The van der Waals surface area contributed by atoms with Gasteiger partial charge in [-0.25, -0.2) is 0 Å². The number of aromatic nitrogens is 2. The van der Waals surface area contributed by atoms with E-state index in [1.807, 2.05) is 0 Å². The van der Waals surface area contributed by atoms with Gasteiger partial charge in [-0.15, -0.1) is 0 Å². The van der Waals surface area contributed by atoms with E-state index >= 15 is 0 Å². The van der Waals surface area contributed by atoms with E-state index in [0.29, 0.717) is 0 Å². The van der Waals surface area contributed by atoms with Gasteiger partial charge in [0.1, 0.15) is 0 Å². The summed E-state index contributed by atoms with van der Waals surface area (Å²) in [5.74, 6) is 0. The monoisotopic (exact) mass is 285 g/mol. The largest absolute Gasteiger partial charge is 0.327 e. The summed E-state index contributed by atoms with van der Waals surface area (Å²) in [5.41, 5.74) is 12.4. The number of hydrogen-bond acceptors (Lipinski definition) is 2. The number of benzene rings is 1. The van der Waals surface area contributed by atoms with Crippen LogP contribution in [0.4, 0.5) is 0 Å². The van der Waals surface area contributed by atoms with Crippen molar-refractivity contribution in [3.63, 3.8) is 0 Å². The molecule has 0 aliphatic heterocycles. The molecule has 0 radical (unpaired) electrons. The van der Waals surface area contributed by atoms with Gasteiger partial charge < -0.3 is 5.73 Å². The van der Waals surface area contributed by atoms with Gasteiger partial charge in [0.05, 0.1) is 12.2 Å². The first-order valence-electron chi connectivity index (χ1n) is 7.91. The average Bonchev–Trinajstić information content (AvgIpc) is 2.75. The second kappa shape index (κ2) is 6.90. The number of aryl methyl sites for hydroxylation is 2. The Balaban J connectivity index is 2.18. The molecule has 0 amide bonds. The third kappa shape index (κ3) is 3.73. The van der Waals surface area contributed by atoms with Gasteiger partial charge in [-0.1, -0.05) is 38.1 Å². The van der Waals surface area contributed by atoms with Crippen molar-refractivity contribution in [3.8, 4) is 0 Å². The van der Waals surface area contributed by atoms with Gasteiger partial charge in [0.25, 0.3) is 0 Å². The Kier molecular flexibility index (Phi) is 5.18. The molecule has 1 unspecified atom stereocenters. The highest BCUT2D eigenvalue weighted by Gasteiger charge is 2.14. The SMILES string of the molecule is CCc1ccc(Cn2nc(C)c(CC(N)CC)c2C)cc1. The van der Waals surface area contributed by atoms with E-state index in [2.05, 4.69) is 56.6 Å². The first kappa shape index (κ1) is 15.8. The second-order valence-electron chi connectivity index (χ2n) is 5.85. The molecular formula is C18H27N3. The molecule has 3 heteroatoms. The zero-order valence-electron chi connectivity index (χ0n) is 13.7. The van der Waals surface area contributed by atoms with Crippen LogP contribution in [0.1, 0.15) is 48.3 Å². The van der Waals surface area contributed by atoms with Crippen LogP contribution in [0, 0.1) is 13.8 Å². The minimum Gasteiger partial charge on any atom is -0.327 e. The molecule has 0 spiro atoms. The van der Waals surface area contributed by atoms with E-state index in [0.717, 1.165) is 31.5 Å². The molecule has 1 atom stereocenters. The highest BCUT2D eigenvalue weighted by Crippen LogP contribution is 2.17. The fourth-order valence-electron chi connectivity index (χ4n) is 2.64. The third-order valence-corrected chi connectivity index (χ3v) is 4.29. The van der Waals surface area contributed by atoms with Crippen LogP contribution in [-0.4, -0.2) is 15.8 Å². The number of rotatable bonds is 6. The lowest BCUT2D eigenvalue weighted by molar-refractivity contribution is 0.636. The molecule has 0 aliphatic carbocycles. The predicted octanol–water partition coefficient (Wildman–Crippen LogP) is 3.39. The highest BCUT2D eigenvalue weighted by molar-refractivity contribution is 5.28. The lowest BCUT2D eigenvalue weighted by Gasteiger charge is -2.10. The summed E-state index contributed by atoms with van der Waals surface area (Å²) in [6.07, 6.45) is 3.00. The molecule has 2 aromatic rings. The van der Waals surface area contributed by atoms with Gasteiger partial charge in [0.2, 0.25) is 0 Å². The van der Waals surface area contributed by atoms with Crippen LogP contribution >= 0.6 is 0 Å². The summed E-state index contributed by atoms with van der Waals surface area (Å²) in [4.78, 5) is 0. The van der Waals surface area contributed by atoms with Gasteiger partial charge in [-0.3, -0.25) is 4.68 Å². The Morgan fingerprint density at radius 2 is 1.71 bits per heavy atom. The summed E-state index contributed by atoms with van der Waals surface area (Å²) in [6.45, 7) is 9.38. The molecule has 0 saturated carbocycles. The van der Waals surface area contributed by atoms with Crippen molar-refractivity contribution in [1.29, 1.82) is 0 Å². The molecule has 0 bridgehead atoms. The maximum Gasteiger partial charge on any atom is 0.0662 e. The minimum atomic E-state index is 0.226. The minimum absolute atomic E-state index is 0.226. The fourth-order valence-corrected chi connectivity index (χ4v) is 2.64. The Labute approximate surface area is 128 Å². The molecule has 1 aromatic heterocycles. The third-order valence-electron chi connectivity index (χ3n) is 4.29. The van der Waals surface area contributed by atoms with Crippen molar-refractivity contribution in [3.05, 3.63) is 52.3 Å². The van der Waals surface area contributed by atoms with Gasteiger partial charge in [-0.05, 0) is 49.8 Å². The Hall–Kier alpha value is -1.61. The lowest BCUT2D eigenvalue weighted by atomic mass is 10.0. The number of hydrogen-bond donors (Lipinski definition) is 1. The van der Waals surface area contributed by atoms with Crippen molar-refractivity contribution in [1.82, 2.24) is 9.78 Å². The molecule has 2 N–H and O–H groups in total. The van der Waals surface area contributed by atoms with Gasteiger partial charge in [0.15, 0.2) is 0 Å². The van der Waals surface area contributed by atoms with Crippen molar-refractivity contribution >= 4 is 0 Å². The molecule has 0 fully saturated rings. The summed E-state index contributed by atoms with van der Waals surface area (Å²) in [7, 11) is 0. The highest BCUT2D eigenvalue weighted by atomic mass is 15.3. The van der Waals surface area contributed by atoms with E-state index in [1.54, 1.807) is 0 Å². The Morgan fingerprint density at radius 3 is 2.29 bits per heavy atom. The first-order valence-corrected chi connectivity index (χ1v) is 7.91. The van der Waals surface area contributed by atoms with E-state index in [1.165, 1.54) is 22.4 Å². The summed E-state index contributed by atoms with van der Waals surface area (Å²) < 4.78 is 2.11. The Bertz CT molecular complexity index is 581. The van der Waals surface area contributed by atoms with Crippen molar-refractivity contribution < 1.29 is 0 Å². The van der Waals surface area contributed by atoms with Gasteiger partial charge >= 0.3 is 0 Å². The smallest absolute Gasteiger partial charge is 0.0662 e. The molecule has 21 heavy (non-hydrogen) atoms. The maximum atomic E-state index is 6.10. The van der Waals surface area contributed by atoms with Crippen LogP contribution in [0.15, 0.2) is 24.3 Å². The zero-order chi connectivity index (χ0) is 15.4. The molecule has 1 aromatic carbocycles. The summed E-state index contributed by atoms with van der Waals surface area (Å²) in [5, 5.41) is 4.70. The number of nitrogens with two attached hydrogens (primary N) is 1. The summed E-state index contributed by atoms with van der Waals surface area (Å²) in [6, 6.07) is 9.03. The van der Waals surface area contributed by atoms with Crippen molar-refractivity contribution in [2.24, 2.45) is 5.73 Å². The van der Waals surface area contributed by atoms with E-state index in [4.69, 9.17) is 10.8 Å². The van der Waals surface area contributed by atoms with E-state index in [9.17, 15) is 0 Å². The van der Waals surface area contributed by atoms with Crippen LogP contribution in [0.25, 0.3) is 0 Å². The second-order valence-corrected chi connectivity index (χ2v) is 5.85. The van der Waals surface area contributed by atoms with Gasteiger partial charge in [0, 0.05) is 11.7 Å². The summed E-state index contributed by atoms with van der Waals surface area (Å²) >= 11 is 0. The van der Waals surface area contributed by atoms with Crippen LogP contribution in [0.5, 0.6) is 0 Å². The Morgan fingerprint density at radius 1 is 1.10 bits per heavy atom. The standard InChI is InChI=1S/C18H27N3/c1-5-15-7-9-16(10-8-15)12-21-14(4)18(13(3)20-21)11-17(19)6-2/h7-10,17H,5-6,11-12,19H2,1-4H3. The molecule has 2 rings (SSSR count). The van der Waals surface area contributed by atoms with E-state index < -0.39 is 0 Å². The van der Waals surface area contributed by atoms with Crippen LogP contribution in [0.2, 0.25) is 0 Å². The maximum absolute atomic E-state index is 6.10. The predicted molar refractivity (Wildman–Crippen MR) is 88.6 cm³/mol. The van der Waals surface area contributed by atoms with Crippen molar-refractivity contribution in [2.75, 3.05) is 0 Å². The normalized spacial score (nSPS) is 12.6. The van der Waals surface area contributed by atoms with Crippen LogP contribution in [-0.2, 0) is 19.4 Å². The zero-order valence-corrected chi connectivity index (χ0v) is 13.7. The lowest BCUT2D eigenvalue weighted by Crippen LogP contribution is -2.22. The number of nitrogens with zero attached hydrogens (tertiary/aromatic N) is 2. The van der Waals surface area contributed by atoms with Crippen LogP contribution in [0.3, 0.4) is 0 Å². The molecule has 114 valence electrons. The molecule has 1 heterocycles. The molecule has 0 saturated heterocycles. The topological polar surface area (TPSA) is 43.8 Å². The van der Waals surface area contributed by atoms with E-state index in [-0.39, 0.29) is 6.04 Å². The molecule has 3 nitrogen and oxygen atoms in total. The molecular weight excluding hydrogens is 258 g/mol. The quantitative estimate of drug-likeness (QED) is 0.884. The first-order chi connectivity index (χ1) is 10.0. The molecule has 0 aliphatic rings.